The Morgan fingerprint density at radius 2 is 2.03 bits per heavy atom. The number of anilines is 1. The van der Waals surface area contributed by atoms with Gasteiger partial charge in [0.25, 0.3) is 5.22 Å². The lowest BCUT2D eigenvalue weighted by Gasteiger charge is -2.02. The van der Waals surface area contributed by atoms with Crippen molar-refractivity contribution >= 4 is 45.6 Å². The molecule has 3 aromatic rings. The minimum Gasteiger partial charge on any atom is -0.411 e. The Hall–Kier alpha value is -2.34. The van der Waals surface area contributed by atoms with Gasteiger partial charge >= 0.3 is 0 Å². The van der Waals surface area contributed by atoms with Gasteiger partial charge < -0.3 is 9.73 Å². The summed E-state index contributed by atoms with van der Waals surface area (Å²) < 4.78 is 5.60. The van der Waals surface area contributed by atoms with Crippen molar-refractivity contribution in [2.75, 3.05) is 11.1 Å². The predicted molar refractivity (Wildman–Crippen MR) is 114 cm³/mol. The highest BCUT2D eigenvalue weighted by atomic mass is 35.5. The molecule has 1 aliphatic rings. The number of amides is 1. The fourth-order valence-corrected chi connectivity index (χ4v) is 5.16. The van der Waals surface area contributed by atoms with Crippen molar-refractivity contribution < 1.29 is 9.21 Å². The minimum absolute atomic E-state index is 0.121. The summed E-state index contributed by atoms with van der Waals surface area (Å²) in [5.41, 5.74) is 2.49. The van der Waals surface area contributed by atoms with Crippen LogP contribution in [0.4, 0.5) is 5.00 Å². The number of nitrogens with one attached hydrogen (secondary N) is 1. The summed E-state index contributed by atoms with van der Waals surface area (Å²) in [5.74, 6) is 0.294. The molecule has 4 rings (SSSR count). The fourth-order valence-electron chi connectivity index (χ4n) is 3.22. The van der Waals surface area contributed by atoms with E-state index in [0.717, 1.165) is 48.6 Å². The molecule has 0 unspecified atom stereocenters. The molecule has 1 N–H and O–H groups in total. The zero-order valence-corrected chi connectivity index (χ0v) is 17.8. The van der Waals surface area contributed by atoms with Crippen LogP contribution < -0.4 is 5.32 Å². The largest absolute Gasteiger partial charge is 0.411 e. The van der Waals surface area contributed by atoms with Gasteiger partial charge in [0.05, 0.1) is 11.3 Å². The molecule has 1 amide bonds. The molecule has 2 aromatic heterocycles. The lowest BCUT2D eigenvalue weighted by atomic mass is 10.1. The quantitative estimate of drug-likeness (QED) is 0.422. The number of thiophene rings is 1. The molecule has 0 fully saturated rings. The van der Waals surface area contributed by atoms with E-state index >= 15 is 0 Å². The Labute approximate surface area is 181 Å². The van der Waals surface area contributed by atoms with Crippen molar-refractivity contribution in [3.05, 3.63) is 45.3 Å². The number of nitriles is 1. The van der Waals surface area contributed by atoms with Crippen LogP contribution in [0.2, 0.25) is 5.02 Å². The van der Waals surface area contributed by atoms with Gasteiger partial charge in [-0.25, -0.2) is 0 Å². The molecule has 0 aliphatic heterocycles. The molecule has 29 heavy (non-hydrogen) atoms. The number of carbonyl (C=O) groups is 1. The highest BCUT2D eigenvalue weighted by Gasteiger charge is 2.21. The molecule has 1 aliphatic carbocycles. The zero-order chi connectivity index (χ0) is 20.2. The number of hydrogen-bond acceptors (Lipinski definition) is 7. The molecule has 0 radical (unpaired) electrons. The Bertz CT molecular complexity index is 1070. The van der Waals surface area contributed by atoms with E-state index < -0.39 is 0 Å². The third kappa shape index (κ3) is 4.64. The SMILES string of the molecule is N#Cc1c(NC(=O)CSc2nnc(-c3ccc(Cl)cc3)o2)sc2c1CCCCC2. The van der Waals surface area contributed by atoms with Crippen LogP contribution in [0, 0.1) is 11.3 Å². The maximum atomic E-state index is 12.4. The van der Waals surface area contributed by atoms with Crippen molar-refractivity contribution in [1.29, 1.82) is 5.26 Å². The molecule has 148 valence electrons. The number of aryl methyl sites for hydroxylation is 1. The molecule has 0 spiro atoms. The van der Waals surface area contributed by atoms with Crippen LogP contribution in [0.15, 0.2) is 33.9 Å². The molecule has 0 atom stereocenters. The highest BCUT2D eigenvalue weighted by Crippen LogP contribution is 2.37. The fraction of sp³-hybridized carbons (Fsp3) is 0.300. The van der Waals surface area contributed by atoms with Crippen molar-refractivity contribution in [3.63, 3.8) is 0 Å². The van der Waals surface area contributed by atoms with Gasteiger partial charge in [-0.2, -0.15) is 5.26 Å². The van der Waals surface area contributed by atoms with Crippen molar-refractivity contribution in [1.82, 2.24) is 10.2 Å². The summed E-state index contributed by atoms with van der Waals surface area (Å²) in [6.45, 7) is 0. The van der Waals surface area contributed by atoms with E-state index in [2.05, 4.69) is 21.6 Å². The normalized spacial score (nSPS) is 13.4. The third-order valence-electron chi connectivity index (χ3n) is 4.61. The summed E-state index contributed by atoms with van der Waals surface area (Å²) in [6, 6.07) is 9.35. The number of aromatic nitrogens is 2. The first-order valence-electron chi connectivity index (χ1n) is 9.21. The van der Waals surface area contributed by atoms with E-state index in [1.807, 2.05) is 0 Å². The molecule has 0 saturated carbocycles. The monoisotopic (exact) mass is 444 g/mol. The van der Waals surface area contributed by atoms with E-state index in [4.69, 9.17) is 16.0 Å². The minimum atomic E-state index is -0.200. The standard InChI is InChI=1S/C20H17ClN4O2S2/c21-13-8-6-12(7-9-13)18-24-25-20(27-18)28-11-17(26)23-19-15(10-22)14-4-2-1-3-5-16(14)29-19/h6-9H,1-5,11H2,(H,23,26). The van der Waals surface area contributed by atoms with Gasteiger partial charge in [-0.1, -0.05) is 29.8 Å². The van der Waals surface area contributed by atoms with Crippen LogP contribution in [0.5, 0.6) is 0 Å². The Morgan fingerprint density at radius 3 is 2.83 bits per heavy atom. The topological polar surface area (TPSA) is 91.8 Å². The predicted octanol–water partition coefficient (Wildman–Crippen LogP) is 5.32. The molecule has 9 heteroatoms. The molecule has 0 bridgehead atoms. The summed E-state index contributed by atoms with van der Waals surface area (Å²) in [6.07, 6.45) is 5.31. The average Bonchev–Trinajstić information content (AvgIpc) is 3.24. The molecule has 6 nitrogen and oxygen atoms in total. The number of rotatable bonds is 5. The Balaban J connectivity index is 1.39. The van der Waals surface area contributed by atoms with Gasteiger partial charge in [-0.3, -0.25) is 4.79 Å². The van der Waals surface area contributed by atoms with Crippen molar-refractivity contribution in [2.45, 2.75) is 37.3 Å². The summed E-state index contributed by atoms with van der Waals surface area (Å²) in [4.78, 5) is 13.6. The van der Waals surface area contributed by atoms with E-state index in [1.54, 1.807) is 24.3 Å². The van der Waals surface area contributed by atoms with Crippen molar-refractivity contribution in [3.8, 4) is 17.5 Å². The molecule has 2 heterocycles. The number of fused-ring (bicyclic) bond motifs is 1. The number of thioether (sulfide) groups is 1. The highest BCUT2D eigenvalue weighted by molar-refractivity contribution is 7.99. The first-order valence-corrected chi connectivity index (χ1v) is 11.4. The van der Waals surface area contributed by atoms with Crippen molar-refractivity contribution in [2.24, 2.45) is 0 Å². The van der Waals surface area contributed by atoms with Crippen LogP contribution in [0.25, 0.3) is 11.5 Å². The summed E-state index contributed by atoms with van der Waals surface area (Å²) >= 11 is 8.57. The van der Waals surface area contributed by atoms with E-state index in [1.165, 1.54) is 22.6 Å². The van der Waals surface area contributed by atoms with Gasteiger partial charge in [0, 0.05) is 15.5 Å². The van der Waals surface area contributed by atoms with E-state index in [9.17, 15) is 10.1 Å². The van der Waals surface area contributed by atoms with Gasteiger partial charge in [-0.05, 0) is 55.5 Å². The Kier molecular flexibility index (Phi) is 6.19. The van der Waals surface area contributed by atoms with Crippen LogP contribution in [-0.2, 0) is 17.6 Å². The van der Waals surface area contributed by atoms with Crippen LogP contribution >= 0.6 is 34.7 Å². The number of halogens is 1. The maximum absolute atomic E-state index is 12.4. The second-order valence-corrected chi connectivity index (χ2v) is 9.07. The number of nitrogens with zero attached hydrogens (tertiary/aromatic N) is 3. The number of hydrogen-bond donors (Lipinski definition) is 1. The van der Waals surface area contributed by atoms with Crippen LogP contribution in [0.3, 0.4) is 0 Å². The molecule has 1 aromatic carbocycles. The number of benzene rings is 1. The van der Waals surface area contributed by atoms with E-state index in [0.29, 0.717) is 26.7 Å². The second kappa shape index (κ2) is 8.99. The maximum Gasteiger partial charge on any atom is 0.277 e. The van der Waals surface area contributed by atoms with E-state index in [-0.39, 0.29) is 11.7 Å². The number of carbonyl (C=O) groups excluding carboxylic acids is 1. The molecular weight excluding hydrogens is 428 g/mol. The zero-order valence-electron chi connectivity index (χ0n) is 15.4. The van der Waals surface area contributed by atoms with Crippen LogP contribution in [0.1, 0.15) is 35.3 Å². The van der Waals surface area contributed by atoms with Crippen LogP contribution in [-0.4, -0.2) is 21.9 Å². The first-order chi connectivity index (χ1) is 14.1. The summed E-state index contributed by atoms with van der Waals surface area (Å²) in [5, 5.41) is 22.0. The van der Waals surface area contributed by atoms with Gasteiger partial charge in [0.15, 0.2) is 0 Å². The third-order valence-corrected chi connectivity index (χ3v) is 6.89. The second-order valence-electron chi connectivity index (χ2n) is 6.60. The Morgan fingerprint density at radius 1 is 1.24 bits per heavy atom. The lowest BCUT2D eigenvalue weighted by Crippen LogP contribution is -2.14. The van der Waals surface area contributed by atoms with Gasteiger partial charge in [-0.15, -0.1) is 21.5 Å². The molecule has 0 saturated heterocycles. The molecular formula is C20H17ClN4O2S2. The van der Waals surface area contributed by atoms with Gasteiger partial charge in [0.1, 0.15) is 11.1 Å². The lowest BCUT2D eigenvalue weighted by molar-refractivity contribution is -0.113. The summed E-state index contributed by atoms with van der Waals surface area (Å²) in [7, 11) is 0. The first kappa shape index (κ1) is 20.0. The smallest absolute Gasteiger partial charge is 0.277 e. The van der Waals surface area contributed by atoms with Gasteiger partial charge in [0.2, 0.25) is 11.8 Å². The average molecular weight is 445 g/mol.